The number of anilines is 2. The summed E-state index contributed by atoms with van der Waals surface area (Å²) >= 11 is 8.33. The summed E-state index contributed by atoms with van der Waals surface area (Å²) in [7, 11) is 0. The molecule has 0 spiro atoms. The number of benzene rings is 2. The summed E-state index contributed by atoms with van der Waals surface area (Å²) in [5.41, 5.74) is -2.62. The lowest BCUT2D eigenvalue weighted by Crippen LogP contribution is -2.21. The van der Waals surface area contributed by atoms with Crippen molar-refractivity contribution in [3.05, 3.63) is 52.0 Å². The Balaban J connectivity index is 0.00000176. The average molecular weight is 541 g/mol. The highest BCUT2D eigenvalue weighted by atomic mass is 79.9. The predicted octanol–water partition coefficient (Wildman–Crippen LogP) is 6.50. The number of hydrogen-bond donors (Lipinski definition) is 3. The van der Waals surface area contributed by atoms with Crippen molar-refractivity contribution in [2.75, 3.05) is 10.6 Å². The number of nitrogens with one attached hydrogen (secondary N) is 3. The van der Waals surface area contributed by atoms with Crippen molar-refractivity contribution in [1.29, 1.82) is 0 Å². The Hall–Kier alpha value is -2.74. The zero-order valence-corrected chi connectivity index (χ0v) is 18.8. The maximum absolute atomic E-state index is 13.0. The molecule has 0 unspecified atom stereocenters. The molecule has 6 nitrogen and oxygen atoms in total. The van der Waals surface area contributed by atoms with Crippen LogP contribution in [0.2, 0.25) is 0 Å². The van der Waals surface area contributed by atoms with Crippen molar-refractivity contribution in [2.45, 2.75) is 26.2 Å². The number of H-pyrrole nitrogens is 1. The lowest BCUT2D eigenvalue weighted by molar-refractivity contribution is -0.143. The average Bonchev–Trinajstić information content (AvgIpc) is 3.24. The molecule has 3 N–H and O–H groups in total. The zero-order valence-electron chi connectivity index (χ0n) is 16.4. The first kappa shape index (κ1) is 25.5. The Morgan fingerprint density at radius 3 is 2.03 bits per heavy atom. The van der Waals surface area contributed by atoms with Crippen molar-refractivity contribution >= 4 is 44.6 Å². The monoisotopic (exact) mass is 540 g/mol. The van der Waals surface area contributed by atoms with Crippen molar-refractivity contribution in [3.8, 4) is 11.4 Å². The topological polar surface area (TPSA) is 78.5 Å². The van der Waals surface area contributed by atoms with E-state index >= 15 is 0 Å². The minimum Gasteiger partial charge on any atom is -0.332 e. The fraction of sp³-hybridized carbons (Fsp3) is 0.222. The number of thiocarbonyl (C=S) groups is 1. The van der Waals surface area contributed by atoms with E-state index in [1.54, 1.807) is 18.2 Å². The van der Waals surface area contributed by atoms with Crippen LogP contribution in [0.4, 0.5) is 37.7 Å². The van der Waals surface area contributed by atoms with Gasteiger partial charge in [0.2, 0.25) is 5.82 Å². The van der Waals surface area contributed by atoms with Crippen molar-refractivity contribution < 1.29 is 26.3 Å². The van der Waals surface area contributed by atoms with E-state index in [0.29, 0.717) is 27.9 Å². The standard InChI is InChI=1S/C16H9BrF6N6S.C2H6/c17-9-1-2-12(11(6-9)13-26-28-29-27-13)25-14(30)24-10-4-7(15(18,19)20)3-8(5-10)16(21,22)23;1-2/h1-6H,(H2,24,25,30)(H,26,27,28,29);1-2H3. The first-order valence-corrected chi connectivity index (χ1v) is 10.0. The Kier molecular flexibility index (Phi) is 8.18. The molecule has 0 amide bonds. The second-order valence-electron chi connectivity index (χ2n) is 5.80. The van der Waals surface area contributed by atoms with E-state index in [9.17, 15) is 26.3 Å². The van der Waals surface area contributed by atoms with Gasteiger partial charge < -0.3 is 10.6 Å². The van der Waals surface area contributed by atoms with Crippen molar-refractivity contribution in [3.63, 3.8) is 0 Å². The molecule has 2 aromatic carbocycles. The molecule has 32 heavy (non-hydrogen) atoms. The van der Waals surface area contributed by atoms with Crippen molar-refractivity contribution in [2.24, 2.45) is 0 Å². The van der Waals surface area contributed by atoms with Gasteiger partial charge in [0.25, 0.3) is 0 Å². The van der Waals surface area contributed by atoms with Crippen LogP contribution in [-0.4, -0.2) is 25.7 Å². The Bertz CT molecular complexity index is 1040. The summed E-state index contributed by atoms with van der Waals surface area (Å²) < 4.78 is 78.7. The van der Waals surface area contributed by atoms with E-state index in [0.717, 1.165) is 0 Å². The summed E-state index contributed by atoms with van der Waals surface area (Å²) in [6.07, 6.45) is -9.94. The van der Waals surface area contributed by atoms with E-state index in [1.807, 2.05) is 13.8 Å². The normalized spacial score (nSPS) is 11.4. The van der Waals surface area contributed by atoms with Crippen LogP contribution in [-0.2, 0) is 12.4 Å². The highest BCUT2D eigenvalue weighted by Gasteiger charge is 2.37. The van der Waals surface area contributed by atoms with Crippen LogP contribution in [0, 0.1) is 0 Å². The lowest BCUT2D eigenvalue weighted by Gasteiger charge is -2.17. The van der Waals surface area contributed by atoms with Crippen LogP contribution in [0.1, 0.15) is 25.0 Å². The van der Waals surface area contributed by atoms with E-state index < -0.39 is 29.2 Å². The van der Waals surface area contributed by atoms with Gasteiger partial charge in [-0.2, -0.15) is 31.6 Å². The van der Waals surface area contributed by atoms with Crippen LogP contribution in [0.25, 0.3) is 11.4 Å². The molecule has 0 atom stereocenters. The molecule has 0 fully saturated rings. The van der Waals surface area contributed by atoms with E-state index in [4.69, 9.17) is 12.2 Å². The van der Waals surface area contributed by atoms with E-state index in [1.165, 1.54) is 0 Å². The van der Waals surface area contributed by atoms with Gasteiger partial charge in [0.05, 0.1) is 16.8 Å². The van der Waals surface area contributed by atoms with Crippen molar-refractivity contribution in [1.82, 2.24) is 20.6 Å². The third-order valence-electron chi connectivity index (χ3n) is 3.66. The number of aromatic nitrogens is 4. The lowest BCUT2D eigenvalue weighted by atomic mass is 10.1. The van der Waals surface area contributed by atoms with Gasteiger partial charge in [0.1, 0.15) is 0 Å². The number of rotatable bonds is 3. The quantitative estimate of drug-likeness (QED) is 0.260. The summed E-state index contributed by atoms with van der Waals surface area (Å²) in [6, 6.07) is 5.93. The molecule has 1 aromatic heterocycles. The maximum atomic E-state index is 13.0. The first-order valence-electron chi connectivity index (χ1n) is 8.84. The van der Waals surface area contributed by atoms with Gasteiger partial charge in [-0.25, -0.2) is 0 Å². The third kappa shape index (κ3) is 6.63. The Morgan fingerprint density at radius 1 is 0.938 bits per heavy atom. The van der Waals surface area contributed by atoms with Gasteiger partial charge >= 0.3 is 12.4 Å². The molecule has 0 bridgehead atoms. The Morgan fingerprint density at radius 2 is 1.53 bits per heavy atom. The molecule has 0 saturated carbocycles. The largest absolute Gasteiger partial charge is 0.416 e. The highest BCUT2D eigenvalue weighted by Crippen LogP contribution is 2.37. The fourth-order valence-corrected chi connectivity index (χ4v) is 2.99. The molecule has 0 aliphatic heterocycles. The molecule has 0 radical (unpaired) electrons. The molecule has 14 heteroatoms. The summed E-state index contributed by atoms with van der Waals surface area (Å²) in [5, 5.41) is 18.2. The van der Waals surface area contributed by atoms with Gasteiger partial charge in [0, 0.05) is 15.7 Å². The van der Waals surface area contributed by atoms with Crippen LogP contribution in [0.15, 0.2) is 40.9 Å². The van der Waals surface area contributed by atoms with E-state index in [-0.39, 0.29) is 17.0 Å². The molecular formula is C18H15BrF6N6S. The Labute approximate surface area is 191 Å². The number of nitrogens with zero attached hydrogens (tertiary/aromatic N) is 3. The first-order chi connectivity index (χ1) is 14.9. The van der Waals surface area contributed by atoms with Gasteiger partial charge in [-0.1, -0.05) is 29.8 Å². The van der Waals surface area contributed by atoms with Crippen LogP contribution >= 0.6 is 28.1 Å². The van der Waals surface area contributed by atoms with Gasteiger partial charge in [-0.3, -0.25) is 0 Å². The third-order valence-corrected chi connectivity index (χ3v) is 4.36. The molecule has 0 aliphatic carbocycles. The molecule has 172 valence electrons. The molecular weight excluding hydrogens is 526 g/mol. The SMILES string of the molecule is CC.FC(F)(F)c1cc(NC(=S)Nc2ccc(Br)cc2-c2nn[nH]n2)cc(C(F)(F)F)c1. The van der Waals surface area contributed by atoms with E-state index in [2.05, 4.69) is 47.2 Å². The smallest absolute Gasteiger partial charge is 0.332 e. The van der Waals surface area contributed by atoms with Gasteiger partial charge in [0.15, 0.2) is 5.11 Å². The highest BCUT2D eigenvalue weighted by molar-refractivity contribution is 9.10. The minimum absolute atomic E-state index is 0.0325. The molecule has 0 aliphatic rings. The zero-order chi connectivity index (χ0) is 24.1. The number of hydrogen-bond acceptors (Lipinski definition) is 4. The van der Waals surface area contributed by atoms with Crippen LogP contribution in [0.3, 0.4) is 0 Å². The summed E-state index contributed by atoms with van der Waals surface area (Å²) in [6.45, 7) is 4.00. The minimum atomic E-state index is -4.97. The number of halogens is 7. The summed E-state index contributed by atoms with van der Waals surface area (Å²) in [5.74, 6) is 0.194. The fourth-order valence-electron chi connectivity index (χ4n) is 2.40. The van der Waals surface area contributed by atoms with Gasteiger partial charge in [-0.15, -0.1) is 10.2 Å². The predicted molar refractivity (Wildman–Crippen MR) is 115 cm³/mol. The molecule has 0 saturated heterocycles. The molecule has 3 rings (SSSR count). The van der Waals surface area contributed by atoms with Crippen LogP contribution in [0.5, 0.6) is 0 Å². The van der Waals surface area contributed by atoms with Crippen LogP contribution < -0.4 is 10.6 Å². The number of aromatic amines is 1. The maximum Gasteiger partial charge on any atom is 0.416 e. The second kappa shape index (κ2) is 10.3. The molecule has 3 aromatic rings. The number of tetrazole rings is 1. The van der Waals surface area contributed by atoms with Gasteiger partial charge in [-0.05, 0) is 53.8 Å². The second-order valence-corrected chi connectivity index (χ2v) is 7.12. The number of alkyl halides is 6. The summed E-state index contributed by atoms with van der Waals surface area (Å²) in [4.78, 5) is 0. The molecule has 1 heterocycles.